The summed E-state index contributed by atoms with van der Waals surface area (Å²) in [7, 11) is 0. The summed E-state index contributed by atoms with van der Waals surface area (Å²) in [6.07, 6.45) is -10.7. The Bertz CT molecular complexity index is 1040. The number of rotatable bonds is 4. The number of hydrogen-bond acceptors (Lipinski definition) is 11. The van der Waals surface area contributed by atoms with Crippen molar-refractivity contribution < 1.29 is 54.8 Å². The van der Waals surface area contributed by atoms with E-state index in [1.807, 2.05) is 0 Å². The zero-order chi connectivity index (χ0) is 24.0. The van der Waals surface area contributed by atoms with Gasteiger partial charge in [0, 0.05) is 11.6 Å². The van der Waals surface area contributed by atoms with Crippen LogP contribution in [0.3, 0.4) is 0 Å². The van der Waals surface area contributed by atoms with E-state index in [0.29, 0.717) is 5.56 Å². The molecule has 2 aromatic rings. The lowest BCUT2D eigenvalue weighted by Gasteiger charge is -2.42. The zero-order valence-corrected chi connectivity index (χ0v) is 17.4. The Labute approximate surface area is 187 Å². The van der Waals surface area contributed by atoms with Crippen molar-refractivity contribution >= 4 is 5.78 Å². The number of benzene rings is 2. The molecule has 178 valence electrons. The van der Waals surface area contributed by atoms with Crippen molar-refractivity contribution in [2.75, 3.05) is 6.61 Å². The van der Waals surface area contributed by atoms with Gasteiger partial charge in [0.25, 0.3) is 0 Å². The van der Waals surface area contributed by atoms with E-state index in [4.69, 9.17) is 14.2 Å². The minimum atomic E-state index is -1.77. The molecule has 0 amide bonds. The molecule has 11 heteroatoms. The van der Waals surface area contributed by atoms with Crippen LogP contribution in [0.15, 0.2) is 30.3 Å². The van der Waals surface area contributed by atoms with Gasteiger partial charge < -0.3 is 50.0 Å². The number of carbonyl (C=O) groups is 1. The predicted molar refractivity (Wildman–Crippen MR) is 109 cm³/mol. The van der Waals surface area contributed by atoms with Crippen LogP contribution in [-0.2, 0) is 9.47 Å². The first kappa shape index (κ1) is 23.2. The van der Waals surface area contributed by atoms with Gasteiger partial charge in [0.2, 0.25) is 5.78 Å². The number of hydrogen-bond donors (Lipinski definition) is 7. The van der Waals surface area contributed by atoms with E-state index in [0.717, 1.165) is 0 Å². The largest absolute Gasteiger partial charge is 0.508 e. The van der Waals surface area contributed by atoms with Crippen LogP contribution >= 0.6 is 0 Å². The summed E-state index contributed by atoms with van der Waals surface area (Å²) in [5, 5.41) is 70.0. The number of phenolic OH excluding ortho intramolecular Hbond substituents is 3. The molecule has 0 bridgehead atoms. The second kappa shape index (κ2) is 8.78. The van der Waals surface area contributed by atoms with Gasteiger partial charge in [-0.15, -0.1) is 0 Å². The maximum absolute atomic E-state index is 13.4. The molecule has 33 heavy (non-hydrogen) atoms. The van der Waals surface area contributed by atoms with Crippen molar-refractivity contribution in [1.29, 1.82) is 0 Å². The third kappa shape index (κ3) is 3.99. The Morgan fingerprint density at radius 2 is 1.67 bits per heavy atom. The number of fused-ring (bicyclic) bond motifs is 1. The highest BCUT2D eigenvalue weighted by Crippen LogP contribution is 2.45. The highest BCUT2D eigenvalue weighted by atomic mass is 16.7. The van der Waals surface area contributed by atoms with Crippen LogP contribution in [0.5, 0.6) is 23.0 Å². The quantitative estimate of drug-likeness (QED) is 0.312. The lowest BCUT2D eigenvalue weighted by atomic mass is 9.91. The maximum Gasteiger partial charge on any atom is 0.203 e. The Morgan fingerprint density at radius 1 is 1.00 bits per heavy atom. The molecule has 0 saturated carbocycles. The SMILES string of the molecule is Cc1c(O)cc2c(c1O)C(=O)[C@H](O[C@@H]1O[C@H](CO)[C@@H](O)[C@H](O)[C@H]1O)[C@@H](c1ccc(O)cc1)O2. The summed E-state index contributed by atoms with van der Waals surface area (Å²) in [5.74, 6) is -1.71. The molecule has 7 atom stereocenters. The molecule has 2 aliphatic rings. The molecule has 2 heterocycles. The van der Waals surface area contributed by atoms with E-state index in [1.165, 1.54) is 37.3 Å². The third-order valence-electron chi connectivity index (χ3n) is 5.87. The first-order valence-corrected chi connectivity index (χ1v) is 10.1. The van der Waals surface area contributed by atoms with Gasteiger partial charge in [0.05, 0.1) is 6.61 Å². The Kier molecular flexibility index (Phi) is 6.18. The molecule has 2 aliphatic heterocycles. The number of Topliss-reactive ketones (excluding diaryl/α,β-unsaturated/α-hetero) is 1. The van der Waals surface area contributed by atoms with Gasteiger partial charge in [0.1, 0.15) is 53.0 Å². The molecule has 0 radical (unpaired) electrons. The fourth-order valence-electron chi connectivity index (χ4n) is 3.90. The smallest absolute Gasteiger partial charge is 0.203 e. The third-order valence-corrected chi connectivity index (χ3v) is 5.87. The number of ketones is 1. The summed E-state index contributed by atoms with van der Waals surface area (Å²) in [6, 6.07) is 6.83. The summed E-state index contributed by atoms with van der Waals surface area (Å²) in [6.45, 7) is 0.709. The predicted octanol–water partition coefficient (Wildman–Crippen LogP) is -0.387. The summed E-state index contributed by atoms with van der Waals surface area (Å²) >= 11 is 0. The Morgan fingerprint density at radius 3 is 2.30 bits per heavy atom. The zero-order valence-electron chi connectivity index (χ0n) is 17.4. The van der Waals surface area contributed by atoms with Gasteiger partial charge in [0.15, 0.2) is 18.5 Å². The van der Waals surface area contributed by atoms with E-state index >= 15 is 0 Å². The van der Waals surface area contributed by atoms with E-state index in [-0.39, 0.29) is 28.4 Å². The average molecular weight is 464 g/mol. The maximum atomic E-state index is 13.4. The first-order valence-electron chi connectivity index (χ1n) is 10.1. The molecular weight excluding hydrogens is 440 g/mol. The van der Waals surface area contributed by atoms with Crippen LogP contribution in [0.4, 0.5) is 0 Å². The number of ether oxygens (including phenoxy) is 3. The fraction of sp³-hybridized carbons (Fsp3) is 0.409. The van der Waals surface area contributed by atoms with Gasteiger partial charge in [-0.2, -0.15) is 0 Å². The minimum absolute atomic E-state index is 0.0420. The van der Waals surface area contributed by atoms with Crippen molar-refractivity contribution in [3.8, 4) is 23.0 Å². The van der Waals surface area contributed by atoms with Crippen molar-refractivity contribution in [3.63, 3.8) is 0 Å². The molecule has 4 rings (SSSR count). The molecular formula is C22H24O11. The molecule has 1 saturated heterocycles. The normalized spacial score (nSPS) is 31.7. The monoisotopic (exact) mass is 464 g/mol. The van der Waals surface area contributed by atoms with Crippen LogP contribution in [0.25, 0.3) is 0 Å². The number of aromatic hydroxyl groups is 3. The summed E-state index contributed by atoms with van der Waals surface area (Å²) < 4.78 is 17.0. The minimum Gasteiger partial charge on any atom is -0.508 e. The van der Waals surface area contributed by atoms with Crippen LogP contribution < -0.4 is 4.74 Å². The number of carbonyl (C=O) groups excluding carboxylic acids is 1. The molecule has 0 unspecified atom stereocenters. The van der Waals surface area contributed by atoms with Gasteiger partial charge in [-0.05, 0) is 24.6 Å². The Balaban J connectivity index is 1.75. The highest BCUT2D eigenvalue weighted by Gasteiger charge is 2.49. The van der Waals surface area contributed by atoms with Gasteiger partial charge >= 0.3 is 0 Å². The standard InChI is InChI=1S/C22H24O11/c1-8-11(25)6-12-14(15(8)26)17(28)21(20(31-12)9-2-4-10(24)5-3-9)33-22-19(30)18(29)16(27)13(7-23)32-22/h2-6,13,16,18-27,29-30H,7H2,1H3/t13-,16-,18+,19-,20-,21+,22+/m1/s1. The molecule has 0 aromatic heterocycles. The number of phenols is 3. The second-order valence-electron chi connectivity index (χ2n) is 7.99. The van der Waals surface area contributed by atoms with Gasteiger partial charge in [-0.1, -0.05) is 12.1 Å². The second-order valence-corrected chi connectivity index (χ2v) is 7.99. The molecule has 0 aliphatic carbocycles. The molecule has 7 N–H and O–H groups in total. The van der Waals surface area contributed by atoms with Crippen molar-refractivity contribution in [1.82, 2.24) is 0 Å². The lowest BCUT2D eigenvalue weighted by Crippen LogP contribution is -2.60. The van der Waals surface area contributed by atoms with Crippen LogP contribution in [0.2, 0.25) is 0 Å². The van der Waals surface area contributed by atoms with Crippen molar-refractivity contribution in [2.24, 2.45) is 0 Å². The van der Waals surface area contributed by atoms with E-state index in [2.05, 4.69) is 0 Å². The fourth-order valence-corrected chi connectivity index (χ4v) is 3.90. The molecule has 11 nitrogen and oxygen atoms in total. The average Bonchev–Trinajstić information content (AvgIpc) is 2.79. The lowest BCUT2D eigenvalue weighted by molar-refractivity contribution is -0.311. The van der Waals surface area contributed by atoms with E-state index in [9.17, 15) is 40.5 Å². The van der Waals surface area contributed by atoms with Crippen molar-refractivity contribution in [3.05, 3.63) is 47.0 Å². The number of aliphatic hydroxyl groups is 4. The first-order chi connectivity index (χ1) is 15.6. The number of aliphatic hydroxyl groups excluding tert-OH is 4. The van der Waals surface area contributed by atoms with E-state index < -0.39 is 61.1 Å². The van der Waals surface area contributed by atoms with Gasteiger partial charge in [-0.25, -0.2) is 0 Å². The summed E-state index contributed by atoms with van der Waals surface area (Å²) in [5.41, 5.74) is 0.163. The van der Waals surface area contributed by atoms with E-state index in [1.54, 1.807) is 0 Å². The topological polar surface area (TPSA) is 186 Å². The summed E-state index contributed by atoms with van der Waals surface area (Å²) in [4.78, 5) is 13.4. The molecule has 0 spiro atoms. The molecule has 1 fully saturated rings. The molecule has 2 aromatic carbocycles. The van der Waals surface area contributed by atoms with Crippen LogP contribution in [0.1, 0.15) is 27.6 Å². The Hall–Kier alpha value is -2.93. The van der Waals surface area contributed by atoms with Gasteiger partial charge in [-0.3, -0.25) is 4.79 Å². The van der Waals surface area contributed by atoms with Crippen LogP contribution in [0, 0.1) is 6.92 Å². The highest BCUT2D eigenvalue weighted by molar-refractivity contribution is 6.06. The van der Waals surface area contributed by atoms with Crippen LogP contribution in [-0.4, -0.2) is 84.9 Å². The van der Waals surface area contributed by atoms with Crippen molar-refractivity contribution in [2.45, 2.75) is 49.8 Å².